The van der Waals surface area contributed by atoms with Gasteiger partial charge in [-0.25, -0.2) is 18.0 Å². The lowest BCUT2D eigenvalue weighted by Gasteiger charge is -2.07. The van der Waals surface area contributed by atoms with Crippen molar-refractivity contribution >= 4 is 27.9 Å². The molecular formula is C16H15N2O7S-. The van der Waals surface area contributed by atoms with Crippen LogP contribution in [0.15, 0.2) is 48.5 Å². The van der Waals surface area contributed by atoms with E-state index < -0.39 is 22.1 Å². The summed E-state index contributed by atoms with van der Waals surface area (Å²) in [5.74, 6) is -1.99. The van der Waals surface area contributed by atoms with Gasteiger partial charge in [-0.05, 0) is 24.3 Å². The summed E-state index contributed by atoms with van der Waals surface area (Å²) in [5.41, 5.74) is 5.95. The predicted octanol–water partition coefficient (Wildman–Crippen LogP) is 1.05. The number of carbonyl (C=O) groups is 2. The van der Waals surface area contributed by atoms with E-state index in [0.717, 1.165) is 0 Å². The monoisotopic (exact) mass is 379 g/mol. The summed E-state index contributed by atoms with van der Waals surface area (Å²) in [5, 5.41) is 16.3. The highest BCUT2D eigenvalue weighted by molar-refractivity contribution is 7.84. The summed E-state index contributed by atoms with van der Waals surface area (Å²) in [6.45, 7) is 0. The molecule has 10 heteroatoms. The molecule has 0 unspecified atom stereocenters. The molecule has 0 saturated carbocycles. The molecule has 4 N–H and O–H groups in total. The minimum absolute atomic E-state index is 0.0226. The molecule has 0 aromatic heterocycles. The second kappa shape index (κ2) is 8.74. The molecule has 2 rings (SSSR count). The maximum Gasteiger partial charge on any atom is 0.343 e. The van der Waals surface area contributed by atoms with Gasteiger partial charge in [0, 0.05) is 11.8 Å². The van der Waals surface area contributed by atoms with E-state index in [2.05, 4.69) is 0 Å². The number of nitrogens with two attached hydrogens (primary N) is 1. The molecule has 0 aliphatic carbocycles. The van der Waals surface area contributed by atoms with Gasteiger partial charge in [0.15, 0.2) is 0 Å². The van der Waals surface area contributed by atoms with E-state index >= 15 is 0 Å². The fourth-order valence-corrected chi connectivity index (χ4v) is 1.68. The number of para-hydroxylation sites is 1. The summed E-state index contributed by atoms with van der Waals surface area (Å²) in [6.07, 6.45) is 0.604. The molecule has 0 spiro atoms. The number of hydrogen-bond donors (Lipinski definition) is 3. The van der Waals surface area contributed by atoms with Crippen LogP contribution in [0.1, 0.15) is 26.3 Å². The van der Waals surface area contributed by atoms with E-state index in [1.165, 1.54) is 36.4 Å². The SMILES string of the molecule is CS(=O)(=O)[O-].N=C(N)c1ccc(C(=O)Oc2ccccc2C(=O)O)cc1. The molecular weight excluding hydrogens is 364 g/mol. The zero-order valence-electron chi connectivity index (χ0n) is 13.5. The van der Waals surface area contributed by atoms with Crippen LogP contribution in [0.5, 0.6) is 5.75 Å². The summed E-state index contributed by atoms with van der Waals surface area (Å²) in [4.78, 5) is 23.0. The molecule has 0 radical (unpaired) electrons. The first kappa shape index (κ1) is 20.8. The Morgan fingerprint density at radius 3 is 2.00 bits per heavy atom. The summed E-state index contributed by atoms with van der Waals surface area (Å²) in [7, 11) is -3.92. The molecule has 0 atom stereocenters. The number of ether oxygens (including phenoxy) is 1. The third-order valence-electron chi connectivity index (χ3n) is 2.75. The maximum absolute atomic E-state index is 12.0. The van der Waals surface area contributed by atoms with Gasteiger partial charge in [-0.3, -0.25) is 5.41 Å². The highest BCUT2D eigenvalue weighted by Gasteiger charge is 2.15. The van der Waals surface area contributed by atoms with Gasteiger partial charge in [0.2, 0.25) is 0 Å². The van der Waals surface area contributed by atoms with Crippen molar-refractivity contribution < 1.29 is 32.4 Å². The van der Waals surface area contributed by atoms with Crippen molar-refractivity contribution in [1.82, 2.24) is 0 Å². The predicted molar refractivity (Wildman–Crippen MR) is 91.4 cm³/mol. The first-order valence-corrected chi connectivity index (χ1v) is 8.70. The summed E-state index contributed by atoms with van der Waals surface area (Å²) >= 11 is 0. The Bertz CT molecular complexity index is 914. The molecule has 0 aliphatic rings. The number of carbonyl (C=O) groups excluding carboxylic acids is 1. The molecule has 2 aromatic rings. The van der Waals surface area contributed by atoms with Crippen LogP contribution in [-0.2, 0) is 10.1 Å². The average molecular weight is 379 g/mol. The van der Waals surface area contributed by atoms with Crippen molar-refractivity contribution in [3.63, 3.8) is 0 Å². The Kier molecular flexibility index (Phi) is 6.99. The van der Waals surface area contributed by atoms with E-state index in [0.29, 0.717) is 11.8 Å². The minimum Gasteiger partial charge on any atom is -0.748 e. The molecule has 26 heavy (non-hydrogen) atoms. The molecule has 0 amide bonds. The van der Waals surface area contributed by atoms with Crippen molar-refractivity contribution in [2.45, 2.75) is 0 Å². The number of nitrogen functional groups attached to an aromatic ring is 1. The van der Waals surface area contributed by atoms with Gasteiger partial charge in [0.25, 0.3) is 0 Å². The highest BCUT2D eigenvalue weighted by atomic mass is 32.2. The fraction of sp³-hybridized carbons (Fsp3) is 0.0625. The van der Waals surface area contributed by atoms with Crippen molar-refractivity contribution in [2.24, 2.45) is 5.73 Å². The lowest BCUT2D eigenvalue weighted by molar-refractivity contribution is 0.0681. The van der Waals surface area contributed by atoms with Crippen LogP contribution >= 0.6 is 0 Å². The van der Waals surface area contributed by atoms with Gasteiger partial charge in [0.05, 0.1) is 15.7 Å². The number of carboxylic acids is 1. The summed E-state index contributed by atoms with van der Waals surface area (Å²) in [6, 6.07) is 11.8. The lowest BCUT2D eigenvalue weighted by Crippen LogP contribution is -2.13. The molecule has 2 aromatic carbocycles. The quantitative estimate of drug-likeness (QED) is 0.232. The fourth-order valence-electron chi connectivity index (χ4n) is 1.68. The van der Waals surface area contributed by atoms with Crippen molar-refractivity contribution in [2.75, 3.05) is 6.26 Å². The Morgan fingerprint density at radius 1 is 1.08 bits per heavy atom. The van der Waals surface area contributed by atoms with E-state index in [1.54, 1.807) is 12.1 Å². The third-order valence-corrected chi connectivity index (χ3v) is 2.75. The molecule has 0 heterocycles. The van der Waals surface area contributed by atoms with Gasteiger partial charge in [-0.2, -0.15) is 0 Å². The Hall–Kier alpha value is -3.24. The first-order valence-electron chi connectivity index (χ1n) is 6.89. The van der Waals surface area contributed by atoms with Crippen molar-refractivity contribution in [3.8, 4) is 5.75 Å². The average Bonchev–Trinajstić information content (AvgIpc) is 2.53. The van der Waals surface area contributed by atoms with Gasteiger partial charge in [-0.1, -0.05) is 24.3 Å². The standard InChI is InChI=1S/C15H12N2O4.CH4O3S/c16-13(17)9-5-7-10(8-6-9)15(20)21-12-4-2-1-3-11(12)14(18)19;1-5(2,3)4/h1-8H,(H3,16,17)(H,18,19);1H3,(H,2,3,4)/p-1. The molecule has 0 saturated heterocycles. The molecule has 0 aliphatic heterocycles. The number of rotatable bonds is 4. The summed E-state index contributed by atoms with van der Waals surface area (Å²) < 4.78 is 32.3. The minimum atomic E-state index is -3.92. The Balaban J connectivity index is 0.000000597. The van der Waals surface area contributed by atoms with Crippen molar-refractivity contribution in [3.05, 3.63) is 65.2 Å². The van der Waals surface area contributed by atoms with Gasteiger partial charge >= 0.3 is 11.9 Å². The normalized spacial score (nSPS) is 10.2. The second-order valence-corrected chi connectivity index (χ2v) is 6.29. The van der Waals surface area contributed by atoms with E-state index in [-0.39, 0.29) is 22.7 Å². The molecule has 0 bridgehead atoms. The number of aromatic carboxylic acids is 1. The van der Waals surface area contributed by atoms with Crippen LogP contribution in [0.3, 0.4) is 0 Å². The largest absolute Gasteiger partial charge is 0.748 e. The van der Waals surface area contributed by atoms with Crippen LogP contribution in [0.4, 0.5) is 0 Å². The van der Waals surface area contributed by atoms with Gasteiger partial charge in [-0.15, -0.1) is 0 Å². The van der Waals surface area contributed by atoms with Crippen LogP contribution in [0.25, 0.3) is 0 Å². The zero-order chi connectivity index (χ0) is 19.9. The number of amidine groups is 1. The van der Waals surface area contributed by atoms with Crippen LogP contribution in [0.2, 0.25) is 0 Å². The van der Waals surface area contributed by atoms with E-state index in [4.69, 9.17) is 34.0 Å². The number of benzene rings is 2. The van der Waals surface area contributed by atoms with Gasteiger partial charge < -0.3 is 20.1 Å². The molecule has 9 nitrogen and oxygen atoms in total. The van der Waals surface area contributed by atoms with Crippen LogP contribution in [0, 0.1) is 5.41 Å². The van der Waals surface area contributed by atoms with Crippen LogP contribution in [-0.4, -0.2) is 42.1 Å². The Labute approximate surface area is 149 Å². The number of esters is 1. The second-order valence-electron chi connectivity index (χ2n) is 4.89. The molecule has 0 fully saturated rings. The van der Waals surface area contributed by atoms with E-state index in [1.807, 2.05) is 0 Å². The van der Waals surface area contributed by atoms with Crippen LogP contribution < -0.4 is 10.5 Å². The zero-order valence-corrected chi connectivity index (χ0v) is 14.3. The number of carboxylic acid groups (broad SMARTS) is 1. The topological polar surface area (TPSA) is 171 Å². The number of nitrogens with one attached hydrogen (secondary N) is 1. The number of hydrogen-bond acceptors (Lipinski definition) is 7. The smallest absolute Gasteiger partial charge is 0.343 e. The maximum atomic E-state index is 12.0. The molecule has 138 valence electrons. The first-order chi connectivity index (χ1) is 12.0. The third kappa shape index (κ3) is 7.11. The van der Waals surface area contributed by atoms with Crippen molar-refractivity contribution in [1.29, 1.82) is 5.41 Å². The highest BCUT2D eigenvalue weighted by Crippen LogP contribution is 2.19. The Morgan fingerprint density at radius 2 is 1.54 bits per heavy atom. The lowest BCUT2D eigenvalue weighted by atomic mass is 10.1. The van der Waals surface area contributed by atoms with Gasteiger partial charge in [0.1, 0.15) is 17.1 Å². The van der Waals surface area contributed by atoms with E-state index in [9.17, 15) is 9.59 Å².